The Morgan fingerprint density at radius 3 is 2.65 bits per heavy atom. The molecule has 5 nitrogen and oxygen atoms in total. The molecule has 5 heteroatoms. The molecule has 0 fully saturated rings. The molecule has 20 heavy (non-hydrogen) atoms. The van der Waals surface area contributed by atoms with E-state index in [0.29, 0.717) is 11.5 Å². The van der Waals surface area contributed by atoms with Crippen LogP contribution in [0.4, 0.5) is 11.5 Å². The molecule has 0 unspecified atom stereocenters. The Morgan fingerprint density at radius 1 is 1.25 bits per heavy atom. The highest BCUT2D eigenvalue weighted by Crippen LogP contribution is 2.31. The number of hydrogen-bond donors (Lipinski definition) is 1. The number of hydrogen-bond acceptors (Lipinski definition) is 4. The Bertz CT molecular complexity index is 626. The molecule has 0 saturated carbocycles. The van der Waals surface area contributed by atoms with Crippen LogP contribution in [0.1, 0.15) is 18.9 Å². The van der Waals surface area contributed by atoms with Crippen molar-refractivity contribution in [3.63, 3.8) is 0 Å². The summed E-state index contributed by atoms with van der Waals surface area (Å²) in [7, 11) is 0. The lowest BCUT2D eigenvalue weighted by molar-refractivity contribution is -0.384. The third-order valence-corrected chi connectivity index (χ3v) is 3.03. The molecule has 0 aliphatic carbocycles. The van der Waals surface area contributed by atoms with Gasteiger partial charge in [-0.3, -0.25) is 10.1 Å². The van der Waals surface area contributed by atoms with E-state index in [1.807, 2.05) is 31.2 Å². The van der Waals surface area contributed by atoms with Gasteiger partial charge in [-0.1, -0.05) is 31.2 Å². The smallest absolute Gasteiger partial charge is 0.295 e. The minimum atomic E-state index is -0.391. The van der Waals surface area contributed by atoms with Gasteiger partial charge in [-0.15, -0.1) is 0 Å². The number of anilines is 1. The van der Waals surface area contributed by atoms with E-state index in [9.17, 15) is 10.1 Å². The van der Waals surface area contributed by atoms with E-state index >= 15 is 0 Å². The van der Waals surface area contributed by atoms with E-state index < -0.39 is 4.92 Å². The number of nitrogens with zero attached hydrogens (tertiary/aromatic N) is 2. The average Bonchev–Trinajstić information content (AvgIpc) is 2.45. The minimum Gasteiger partial charge on any atom is -0.370 e. The maximum atomic E-state index is 11.2. The van der Waals surface area contributed by atoms with Gasteiger partial charge in [-0.05, 0) is 25.0 Å². The molecule has 2 aromatic rings. The van der Waals surface area contributed by atoms with Crippen molar-refractivity contribution in [2.24, 2.45) is 0 Å². The Balaban J connectivity index is 2.53. The first-order valence-electron chi connectivity index (χ1n) is 6.58. The molecule has 1 aromatic heterocycles. The van der Waals surface area contributed by atoms with Crippen molar-refractivity contribution in [2.75, 3.05) is 11.9 Å². The molecule has 104 valence electrons. The molecule has 1 heterocycles. The van der Waals surface area contributed by atoms with Crippen LogP contribution in [-0.4, -0.2) is 16.5 Å². The van der Waals surface area contributed by atoms with Gasteiger partial charge in [0.05, 0.1) is 4.92 Å². The second-order valence-corrected chi connectivity index (χ2v) is 4.56. The van der Waals surface area contributed by atoms with Crippen LogP contribution < -0.4 is 5.32 Å². The minimum absolute atomic E-state index is 0.0290. The van der Waals surface area contributed by atoms with Gasteiger partial charge >= 0.3 is 0 Å². The van der Waals surface area contributed by atoms with Gasteiger partial charge in [0.15, 0.2) is 5.69 Å². The van der Waals surface area contributed by atoms with Crippen molar-refractivity contribution in [1.29, 1.82) is 0 Å². The summed E-state index contributed by atoms with van der Waals surface area (Å²) >= 11 is 0. The molecule has 0 aliphatic heterocycles. The Kier molecular flexibility index (Phi) is 4.30. The number of rotatable bonds is 5. The van der Waals surface area contributed by atoms with Crippen LogP contribution >= 0.6 is 0 Å². The van der Waals surface area contributed by atoms with Gasteiger partial charge in [-0.2, -0.15) is 0 Å². The lowest BCUT2D eigenvalue weighted by Gasteiger charge is -2.09. The zero-order valence-electron chi connectivity index (χ0n) is 11.6. The van der Waals surface area contributed by atoms with Crippen molar-refractivity contribution in [1.82, 2.24) is 4.98 Å². The summed E-state index contributed by atoms with van der Waals surface area (Å²) in [4.78, 5) is 15.2. The fourth-order valence-electron chi connectivity index (χ4n) is 1.99. The molecular formula is C15H17N3O2. The normalized spacial score (nSPS) is 10.3. The first-order valence-corrected chi connectivity index (χ1v) is 6.58. The number of benzene rings is 1. The molecule has 2 rings (SSSR count). The van der Waals surface area contributed by atoms with Gasteiger partial charge in [0.2, 0.25) is 0 Å². The molecule has 0 radical (unpaired) electrons. The summed E-state index contributed by atoms with van der Waals surface area (Å²) in [5.41, 5.74) is 2.20. The number of nitro groups is 1. The first kappa shape index (κ1) is 14.0. The molecule has 0 saturated heterocycles. The highest BCUT2D eigenvalue weighted by atomic mass is 16.6. The Labute approximate surface area is 117 Å². The summed E-state index contributed by atoms with van der Waals surface area (Å²) in [5, 5.41) is 14.3. The fraction of sp³-hybridized carbons (Fsp3) is 0.267. The third-order valence-electron chi connectivity index (χ3n) is 3.03. The van der Waals surface area contributed by atoms with Crippen molar-refractivity contribution in [3.05, 3.63) is 52.1 Å². The molecule has 0 bridgehead atoms. The quantitative estimate of drug-likeness (QED) is 0.663. The van der Waals surface area contributed by atoms with E-state index in [4.69, 9.17) is 0 Å². The number of aryl methyl sites for hydroxylation is 1. The van der Waals surface area contributed by atoms with Crippen LogP contribution in [0.2, 0.25) is 0 Å². The Hall–Kier alpha value is -2.43. The maximum absolute atomic E-state index is 11.2. The van der Waals surface area contributed by atoms with Crippen LogP contribution in [0.25, 0.3) is 11.3 Å². The standard InChI is InChI=1S/C15H17N3O2/c1-3-10-16-14-9-8-13(18(19)20)15(17-14)12-7-5-4-6-11(12)2/h4-9H,3,10H2,1-2H3,(H,16,17). The molecule has 0 amide bonds. The monoisotopic (exact) mass is 271 g/mol. The van der Waals surface area contributed by atoms with Crippen LogP contribution in [-0.2, 0) is 0 Å². The lowest BCUT2D eigenvalue weighted by Crippen LogP contribution is -2.04. The number of pyridine rings is 1. The van der Waals surface area contributed by atoms with Crippen molar-refractivity contribution in [2.45, 2.75) is 20.3 Å². The van der Waals surface area contributed by atoms with Crippen molar-refractivity contribution >= 4 is 11.5 Å². The van der Waals surface area contributed by atoms with Gasteiger partial charge < -0.3 is 5.32 Å². The summed E-state index contributed by atoms with van der Waals surface area (Å²) in [6, 6.07) is 10.7. The van der Waals surface area contributed by atoms with Crippen LogP contribution in [0.3, 0.4) is 0 Å². The summed E-state index contributed by atoms with van der Waals surface area (Å²) in [6.45, 7) is 4.77. The van der Waals surface area contributed by atoms with E-state index in [1.54, 1.807) is 6.07 Å². The van der Waals surface area contributed by atoms with E-state index in [2.05, 4.69) is 17.2 Å². The molecule has 1 N–H and O–H groups in total. The van der Waals surface area contributed by atoms with Crippen LogP contribution in [0.5, 0.6) is 0 Å². The largest absolute Gasteiger partial charge is 0.370 e. The SMILES string of the molecule is CCCNc1ccc([N+](=O)[O-])c(-c2ccccc2C)n1. The summed E-state index contributed by atoms with van der Waals surface area (Å²) in [5.74, 6) is 0.663. The predicted octanol–water partition coefficient (Wildman–Crippen LogP) is 3.79. The van der Waals surface area contributed by atoms with E-state index in [0.717, 1.165) is 24.1 Å². The van der Waals surface area contributed by atoms with Gasteiger partial charge in [0.1, 0.15) is 5.82 Å². The van der Waals surface area contributed by atoms with Crippen LogP contribution in [0, 0.1) is 17.0 Å². The third kappa shape index (κ3) is 2.93. The van der Waals surface area contributed by atoms with Crippen molar-refractivity contribution < 1.29 is 4.92 Å². The molecule has 0 aliphatic rings. The summed E-state index contributed by atoms with van der Waals surface area (Å²) < 4.78 is 0. The van der Waals surface area contributed by atoms with E-state index in [-0.39, 0.29) is 5.69 Å². The average molecular weight is 271 g/mol. The number of aromatic nitrogens is 1. The van der Waals surface area contributed by atoms with Gasteiger partial charge in [-0.25, -0.2) is 4.98 Å². The topological polar surface area (TPSA) is 68.1 Å². The second-order valence-electron chi connectivity index (χ2n) is 4.56. The van der Waals surface area contributed by atoms with Gasteiger partial charge in [0.25, 0.3) is 5.69 Å². The van der Waals surface area contributed by atoms with Crippen molar-refractivity contribution in [3.8, 4) is 11.3 Å². The van der Waals surface area contributed by atoms with E-state index in [1.165, 1.54) is 6.07 Å². The Morgan fingerprint density at radius 2 is 2.00 bits per heavy atom. The molecule has 0 spiro atoms. The highest BCUT2D eigenvalue weighted by molar-refractivity contribution is 5.73. The molecule has 0 atom stereocenters. The predicted molar refractivity (Wildman–Crippen MR) is 79.8 cm³/mol. The zero-order valence-corrected chi connectivity index (χ0v) is 11.6. The molecular weight excluding hydrogens is 254 g/mol. The highest BCUT2D eigenvalue weighted by Gasteiger charge is 2.18. The molecule has 1 aromatic carbocycles. The number of nitrogens with one attached hydrogen (secondary N) is 1. The fourth-order valence-corrected chi connectivity index (χ4v) is 1.99. The van der Waals surface area contributed by atoms with Crippen LogP contribution in [0.15, 0.2) is 36.4 Å². The van der Waals surface area contributed by atoms with Gasteiger partial charge in [0, 0.05) is 18.2 Å². The summed E-state index contributed by atoms with van der Waals surface area (Å²) in [6.07, 6.45) is 0.971. The zero-order chi connectivity index (χ0) is 14.5. The second kappa shape index (κ2) is 6.14. The first-order chi connectivity index (χ1) is 9.63. The lowest BCUT2D eigenvalue weighted by atomic mass is 10.0. The maximum Gasteiger partial charge on any atom is 0.295 e.